The number of fused-ring (bicyclic) bond motifs is 2. The van der Waals surface area contributed by atoms with Crippen LogP contribution in [0.1, 0.15) is 23.6 Å². The molecular formula is C21H24N4O3S. The number of rotatable bonds is 6. The highest BCUT2D eigenvalue weighted by molar-refractivity contribution is 7.90. The fourth-order valence-corrected chi connectivity index (χ4v) is 4.27. The molecular weight excluding hydrogens is 388 g/mol. The number of anilines is 2. The average Bonchev–Trinajstić information content (AvgIpc) is 3.10. The first kappa shape index (κ1) is 19.5. The lowest BCUT2D eigenvalue weighted by atomic mass is 10.1. The van der Waals surface area contributed by atoms with Crippen molar-refractivity contribution >= 4 is 32.6 Å². The van der Waals surface area contributed by atoms with E-state index < -0.39 is 10.2 Å². The molecule has 0 spiro atoms. The van der Waals surface area contributed by atoms with Crippen LogP contribution in [0, 0.1) is 0 Å². The Bertz CT molecular complexity index is 1160. The maximum Gasteiger partial charge on any atom is 0.301 e. The Balaban J connectivity index is 1.58. The van der Waals surface area contributed by atoms with Crippen LogP contribution in [0.25, 0.3) is 10.9 Å². The van der Waals surface area contributed by atoms with Crippen molar-refractivity contribution in [1.29, 1.82) is 0 Å². The average molecular weight is 413 g/mol. The molecule has 0 radical (unpaired) electrons. The van der Waals surface area contributed by atoms with Gasteiger partial charge in [-0.25, -0.2) is 4.98 Å². The van der Waals surface area contributed by atoms with Crippen molar-refractivity contribution in [3.63, 3.8) is 0 Å². The van der Waals surface area contributed by atoms with Gasteiger partial charge >= 0.3 is 10.2 Å². The number of ether oxygens (including phenoxy) is 1. The molecule has 1 aliphatic rings. The minimum atomic E-state index is -3.54. The van der Waals surface area contributed by atoms with Crippen LogP contribution in [0.5, 0.6) is 5.75 Å². The highest BCUT2D eigenvalue weighted by atomic mass is 32.2. The van der Waals surface area contributed by atoms with Gasteiger partial charge in [0.2, 0.25) is 0 Å². The van der Waals surface area contributed by atoms with E-state index in [-0.39, 0.29) is 6.04 Å². The smallest absolute Gasteiger partial charge is 0.301 e. The first-order valence-corrected chi connectivity index (χ1v) is 10.8. The molecule has 0 amide bonds. The molecule has 2 aromatic carbocycles. The van der Waals surface area contributed by atoms with Crippen molar-refractivity contribution in [1.82, 2.24) is 9.29 Å². The molecule has 2 N–H and O–H groups in total. The van der Waals surface area contributed by atoms with Crippen molar-refractivity contribution in [2.45, 2.75) is 18.9 Å². The Morgan fingerprint density at radius 1 is 1.14 bits per heavy atom. The number of hydrogen-bond donors (Lipinski definition) is 2. The summed E-state index contributed by atoms with van der Waals surface area (Å²) in [6.45, 7) is 0. The summed E-state index contributed by atoms with van der Waals surface area (Å²) in [7, 11) is 1.13. The second-order valence-corrected chi connectivity index (χ2v) is 9.15. The molecule has 0 bridgehead atoms. The fraction of sp³-hybridized carbons (Fsp3) is 0.286. The number of nitrogens with zero attached hydrogens (tertiary/aromatic N) is 2. The molecule has 1 aromatic heterocycles. The molecule has 8 heteroatoms. The number of hydrogen-bond acceptors (Lipinski definition) is 5. The second kappa shape index (κ2) is 7.53. The lowest BCUT2D eigenvalue weighted by molar-refractivity contribution is 0.408. The molecule has 7 nitrogen and oxygen atoms in total. The van der Waals surface area contributed by atoms with Crippen LogP contribution in [-0.4, -0.2) is 38.9 Å². The van der Waals surface area contributed by atoms with Gasteiger partial charge in [0.25, 0.3) is 0 Å². The monoisotopic (exact) mass is 412 g/mol. The highest BCUT2D eigenvalue weighted by Gasteiger charge is 2.26. The molecule has 1 aliphatic carbocycles. The Morgan fingerprint density at radius 2 is 1.97 bits per heavy atom. The lowest BCUT2D eigenvalue weighted by Crippen LogP contribution is -2.28. The summed E-state index contributed by atoms with van der Waals surface area (Å²) in [4.78, 5) is 4.70. The number of nitrogens with one attached hydrogen (secondary N) is 2. The number of methoxy groups -OCH3 is 1. The summed E-state index contributed by atoms with van der Waals surface area (Å²) in [6, 6.07) is 15.5. The molecule has 1 atom stereocenters. The van der Waals surface area contributed by atoms with Crippen LogP contribution in [0.2, 0.25) is 0 Å². The van der Waals surface area contributed by atoms with Gasteiger partial charge in [0.05, 0.1) is 24.4 Å². The zero-order valence-corrected chi connectivity index (χ0v) is 17.5. The molecule has 0 saturated carbocycles. The van der Waals surface area contributed by atoms with Gasteiger partial charge in [0, 0.05) is 25.0 Å². The summed E-state index contributed by atoms with van der Waals surface area (Å²) in [5.41, 5.74) is 3.80. The topological polar surface area (TPSA) is 83.6 Å². The van der Waals surface area contributed by atoms with Crippen LogP contribution in [-0.2, 0) is 16.6 Å². The predicted molar refractivity (Wildman–Crippen MR) is 116 cm³/mol. The third-order valence-corrected chi connectivity index (χ3v) is 6.62. The highest BCUT2D eigenvalue weighted by Crippen LogP contribution is 2.39. The van der Waals surface area contributed by atoms with E-state index in [0.29, 0.717) is 5.69 Å². The Kier molecular flexibility index (Phi) is 5.06. The van der Waals surface area contributed by atoms with Gasteiger partial charge in [-0.2, -0.15) is 12.7 Å². The van der Waals surface area contributed by atoms with Crippen LogP contribution < -0.4 is 14.8 Å². The summed E-state index contributed by atoms with van der Waals surface area (Å²) in [5, 5.41) is 4.38. The van der Waals surface area contributed by atoms with Crippen LogP contribution in [0.3, 0.4) is 0 Å². The molecule has 3 aromatic rings. The van der Waals surface area contributed by atoms with Gasteiger partial charge in [-0.3, -0.25) is 4.72 Å². The van der Waals surface area contributed by atoms with Crippen LogP contribution in [0.4, 0.5) is 11.5 Å². The van der Waals surface area contributed by atoms with Gasteiger partial charge in [0.15, 0.2) is 0 Å². The Morgan fingerprint density at radius 3 is 2.72 bits per heavy atom. The maximum absolute atomic E-state index is 12.0. The summed E-state index contributed by atoms with van der Waals surface area (Å²) in [6.07, 6.45) is 1.99. The quantitative estimate of drug-likeness (QED) is 0.647. The Labute approximate surface area is 170 Å². The van der Waals surface area contributed by atoms with E-state index in [4.69, 9.17) is 9.72 Å². The molecule has 29 heavy (non-hydrogen) atoms. The predicted octanol–water partition coefficient (Wildman–Crippen LogP) is 3.56. The molecule has 0 saturated heterocycles. The third-order valence-electron chi connectivity index (χ3n) is 5.17. The number of pyridine rings is 1. The van der Waals surface area contributed by atoms with Crippen LogP contribution >= 0.6 is 0 Å². The maximum atomic E-state index is 12.0. The molecule has 152 valence electrons. The minimum Gasteiger partial charge on any atom is -0.496 e. The first-order valence-electron chi connectivity index (χ1n) is 9.41. The second-order valence-electron chi connectivity index (χ2n) is 7.26. The zero-order valence-electron chi connectivity index (χ0n) is 16.6. The van der Waals surface area contributed by atoms with E-state index in [0.717, 1.165) is 39.6 Å². The minimum absolute atomic E-state index is 0.150. The number of benzene rings is 2. The van der Waals surface area contributed by atoms with Crippen LogP contribution in [0.15, 0.2) is 48.5 Å². The number of aromatic nitrogens is 1. The molecule has 1 unspecified atom stereocenters. The molecule has 1 heterocycles. The van der Waals surface area contributed by atoms with E-state index in [1.54, 1.807) is 19.2 Å². The van der Waals surface area contributed by atoms with E-state index in [2.05, 4.69) is 16.1 Å². The lowest BCUT2D eigenvalue weighted by Gasteiger charge is -2.18. The van der Waals surface area contributed by atoms with Gasteiger partial charge in [-0.05, 0) is 54.8 Å². The van der Waals surface area contributed by atoms with Gasteiger partial charge in [-0.1, -0.05) is 12.1 Å². The first-order chi connectivity index (χ1) is 13.9. The van der Waals surface area contributed by atoms with Crippen molar-refractivity contribution in [2.75, 3.05) is 31.2 Å². The van der Waals surface area contributed by atoms with E-state index in [9.17, 15) is 8.42 Å². The molecule has 4 rings (SSSR count). The summed E-state index contributed by atoms with van der Waals surface area (Å²) in [5.74, 6) is 1.68. The van der Waals surface area contributed by atoms with E-state index >= 15 is 0 Å². The normalized spacial score (nSPS) is 16.1. The van der Waals surface area contributed by atoms with Gasteiger partial charge in [-0.15, -0.1) is 0 Å². The molecule has 0 aliphatic heterocycles. The third kappa shape index (κ3) is 3.86. The largest absolute Gasteiger partial charge is 0.496 e. The van der Waals surface area contributed by atoms with Gasteiger partial charge in [0.1, 0.15) is 11.6 Å². The van der Waals surface area contributed by atoms with Crippen molar-refractivity contribution in [3.05, 3.63) is 59.7 Å². The van der Waals surface area contributed by atoms with E-state index in [1.165, 1.54) is 25.2 Å². The zero-order chi connectivity index (χ0) is 20.6. The standard InChI is InChI=1S/C21H24N4O3S/c1-25(2)29(26,27)24-16-9-11-17-15(13-16)8-12-20(22-17)23-18-10-7-14-5-4-6-19(28-3)21(14)18/h4-6,8-9,11-13,18,24H,7,10H2,1-3H3,(H,22,23). The SMILES string of the molecule is COc1cccc2c1C(Nc1ccc3cc(NS(=O)(=O)N(C)C)ccc3n1)CC2. The summed E-state index contributed by atoms with van der Waals surface area (Å²) >= 11 is 0. The number of aryl methyl sites for hydroxylation is 1. The summed E-state index contributed by atoms with van der Waals surface area (Å²) < 4.78 is 33.3. The van der Waals surface area contributed by atoms with E-state index in [1.807, 2.05) is 30.3 Å². The van der Waals surface area contributed by atoms with Crippen molar-refractivity contribution in [3.8, 4) is 5.75 Å². The molecule has 0 fully saturated rings. The van der Waals surface area contributed by atoms with Gasteiger partial charge < -0.3 is 10.1 Å². The fourth-order valence-electron chi connectivity index (χ4n) is 3.66. The Hall–Kier alpha value is -2.84. The van der Waals surface area contributed by atoms with Crippen molar-refractivity contribution in [2.24, 2.45) is 0 Å². The van der Waals surface area contributed by atoms with Crippen molar-refractivity contribution < 1.29 is 13.2 Å².